The summed E-state index contributed by atoms with van der Waals surface area (Å²) >= 11 is 0. The highest BCUT2D eigenvalue weighted by atomic mass is 16.7. The number of hydrogen-bond acceptors (Lipinski definition) is 2. The lowest BCUT2D eigenvalue weighted by Crippen LogP contribution is -2.18. The van der Waals surface area contributed by atoms with E-state index >= 15 is 0 Å². The molecule has 0 aliphatic carbocycles. The van der Waals surface area contributed by atoms with Gasteiger partial charge in [-0.1, -0.05) is 38.2 Å². The van der Waals surface area contributed by atoms with E-state index in [9.17, 15) is 0 Å². The van der Waals surface area contributed by atoms with Crippen LogP contribution in [0.25, 0.3) is 4.85 Å². The van der Waals surface area contributed by atoms with Crippen LogP contribution in [-0.2, 0) is 9.47 Å². The Labute approximate surface area is 143 Å². The van der Waals surface area contributed by atoms with Gasteiger partial charge in [-0.05, 0) is 51.4 Å². The summed E-state index contributed by atoms with van der Waals surface area (Å²) in [5.74, 6) is 0. The van der Waals surface area contributed by atoms with Gasteiger partial charge in [-0.3, -0.25) is 0 Å². The summed E-state index contributed by atoms with van der Waals surface area (Å²) in [7, 11) is 0. The molecule has 0 fully saturated rings. The number of hydrogen-bond donors (Lipinski definition) is 0. The van der Waals surface area contributed by atoms with E-state index in [0.717, 1.165) is 58.0 Å². The Hall–Kier alpha value is -1.11. The maximum absolute atomic E-state index is 6.82. The Morgan fingerprint density at radius 3 is 2.22 bits per heavy atom. The molecule has 0 saturated heterocycles. The highest BCUT2D eigenvalue weighted by Gasteiger charge is 2.09. The average molecular weight is 322 g/mol. The van der Waals surface area contributed by atoms with Crippen molar-refractivity contribution in [3.8, 4) is 0 Å². The van der Waals surface area contributed by atoms with Crippen molar-refractivity contribution in [2.24, 2.45) is 0 Å². The van der Waals surface area contributed by atoms with Crippen LogP contribution in [-0.4, -0.2) is 26.0 Å². The first-order chi connectivity index (χ1) is 11.3. The van der Waals surface area contributed by atoms with Gasteiger partial charge in [-0.25, -0.2) is 6.57 Å². The smallest absolute Gasteiger partial charge is 0.214 e. The second kappa shape index (κ2) is 18.9. The van der Waals surface area contributed by atoms with Crippen molar-refractivity contribution in [2.45, 2.75) is 77.9 Å². The van der Waals surface area contributed by atoms with Gasteiger partial charge < -0.3 is 14.3 Å². The van der Waals surface area contributed by atoms with E-state index in [1.165, 1.54) is 6.42 Å². The van der Waals surface area contributed by atoms with E-state index in [4.69, 9.17) is 16.0 Å². The molecular weight excluding hydrogens is 286 g/mol. The maximum Gasteiger partial charge on any atom is 0.214 e. The highest BCUT2D eigenvalue weighted by Crippen LogP contribution is 2.10. The predicted molar refractivity (Wildman–Crippen MR) is 98.3 cm³/mol. The Bertz CT molecular complexity index is 331. The molecule has 0 radical (unpaired) electrons. The molecule has 3 heteroatoms. The van der Waals surface area contributed by atoms with Gasteiger partial charge in [-0.2, -0.15) is 0 Å². The van der Waals surface area contributed by atoms with Gasteiger partial charge in [0.05, 0.1) is 6.61 Å². The molecule has 132 valence electrons. The largest absolute Gasteiger partial charge is 0.353 e. The second-order valence-corrected chi connectivity index (χ2v) is 5.59. The van der Waals surface area contributed by atoms with Crippen LogP contribution in [0.3, 0.4) is 0 Å². The van der Waals surface area contributed by atoms with Gasteiger partial charge in [0.1, 0.15) is 0 Å². The third-order valence-corrected chi connectivity index (χ3v) is 3.42. The quantitative estimate of drug-likeness (QED) is 0.152. The molecule has 1 unspecified atom stereocenters. The fraction of sp³-hybridized carbons (Fsp3) is 0.750. The Balaban J connectivity index is 3.84. The summed E-state index contributed by atoms with van der Waals surface area (Å²) in [5, 5.41) is 0. The molecule has 0 saturated carbocycles. The zero-order chi connectivity index (χ0) is 17.0. The number of rotatable bonds is 16. The molecule has 0 rings (SSSR count). The first kappa shape index (κ1) is 21.9. The molecule has 0 N–H and O–H groups in total. The molecule has 0 aromatic carbocycles. The van der Waals surface area contributed by atoms with Crippen LogP contribution < -0.4 is 0 Å². The molecule has 0 spiro atoms. The highest BCUT2D eigenvalue weighted by molar-refractivity contribution is 4.80. The number of ether oxygens (including phenoxy) is 2. The predicted octanol–water partition coefficient (Wildman–Crippen LogP) is 5.93. The molecule has 3 nitrogen and oxygen atoms in total. The minimum absolute atomic E-state index is 0.109. The van der Waals surface area contributed by atoms with Crippen LogP contribution >= 0.6 is 0 Å². The lowest BCUT2D eigenvalue weighted by molar-refractivity contribution is -0.146. The molecule has 0 aliphatic rings. The van der Waals surface area contributed by atoms with Crippen molar-refractivity contribution in [2.75, 3.05) is 19.8 Å². The third kappa shape index (κ3) is 17.1. The van der Waals surface area contributed by atoms with Gasteiger partial charge in [-0.15, -0.1) is 0 Å². The van der Waals surface area contributed by atoms with E-state index in [0.29, 0.717) is 13.2 Å². The van der Waals surface area contributed by atoms with Gasteiger partial charge >= 0.3 is 0 Å². The molecule has 0 heterocycles. The number of unbranched alkanes of at least 4 members (excludes halogenated alkanes) is 3. The molecule has 0 amide bonds. The Morgan fingerprint density at radius 1 is 0.826 bits per heavy atom. The van der Waals surface area contributed by atoms with Crippen LogP contribution in [0.4, 0.5) is 0 Å². The number of nitrogens with zero attached hydrogens (tertiary/aromatic N) is 1. The van der Waals surface area contributed by atoms with Crippen molar-refractivity contribution < 1.29 is 9.47 Å². The zero-order valence-electron chi connectivity index (χ0n) is 15.1. The van der Waals surface area contributed by atoms with E-state index in [1.54, 1.807) is 0 Å². The summed E-state index contributed by atoms with van der Waals surface area (Å²) in [6.45, 7) is 13.2. The minimum Gasteiger partial charge on any atom is -0.353 e. The molecular formula is C20H35NO2. The van der Waals surface area contributed by atoms with Crippen molar-refractivity contribution in [1.29, 1.82) is 0 Å². The first-order valence-electron chi connectivity index (χ1n) is 9.21. The fourth-order valence-electron chi connectivity index (χ4n) is 2.13. The van der Waals surface area contributed by atoms with Gasteiger partial charge in [0.15, 0.2) is 6.29 Å². The van der Waals surface area contributed by atoms with Crippen LogP contribution in [0, 0.1) is 6.57 Å². The van der Waals surface area contributed by atoms with Crippen LogP contribution in [0.15, 0.2) is 24.3 Å². The van der Waals surface area contributed by atoms with Crippen molar-refractivity contribution >= 4 is 0 Å². The summed E-state index contributed by atoms with van der Waals surface area (Å²) in [5.41, 5.74) is 0. The van der Waals surface area contributed by atoms with Crippen LogP contribution in [0.1, 0.15) is 71.6 Å². The van der Waals surface area contributed by atoms with Crippen molar-refractivity contribution in [3.05, 3.63) is 35.7 Å². The minimum atomic E-state index is -0.109. The standard InChI is InChI=1S/C20H35NO2/c1-4-6-8-10-11-15-19-23-20(16-12-13-17-21-3)22-18-14-9-7-5-2/h6-9,20H,4-5,10-19H2,1-2H3/b8-6-,9-7-. The van der Waals surface area contributed by atoms with E-state index in [1.807, 2.05) is 0 Å². The van der Waals surface area contributed by atoms with E-state index < -0.39 is 0 Å². The SMILES string of the molecule is [C-]#[N+]CCCCC(OCC/C=C\CC)OCCCC/C=C\CC. The second-order valence-electron chi connectivity index (χ2n) is 5.59. The van der Waals surface area contributed by atoms with Crippen molar-refractivity contribution in [3.63, 3.8) is 0 Å². The van der Waals surface area contributed by atoms with Gasteiger partial charge in [0.2, 0.25) is 6.54 Å². The summed E-state index contributed by atoms with van der Waals surface area (Å²) in [6, 6.07) is 0. The first-order valence-corrected chi connectivity index (χ1v) is 9.21. The van der Waals surface area contributed by atoms with Crippen LogP contribution in [0.5, 0.6) is 0 Å². The molecule has 0 aromatic rings. The summed E-state index contributed by atoms with van der Waals surface area (Å²) in [4.78, 5) is 3.39. The number of allylic oxidation sites excluding steroid dienone is 3. The molecule has 0 aliphatic heterocycles. The monoisotopic (exact) mass is 321 g/mol. The molecule has 0 bridgehead atoms. The van der Waals surface area contributed by atoms with Crippen molar-refractivity contribution in [1.82, 2.24) is 0 Å². The molecule has 1 atom stereocenters. The summed E-state index contributed by atoms with van der Waals surface area (Å²) < 4.78 is 11.7. The normalized spacial score (nSPS) is 12.9. The average Bonchev–Trinajstić information content (AvgIpc) is 2.57. The van der Waals surface area contributed by atoms with Gasteiger partial charge in [0.25, 0.3) is 0 Å². The maximum atomic E-state index is 6.82. The topological polar surface area (TPSA) is 22.8 Å². The summed E-state index contributed by atoms with van der Waals surface area (Å²) in [6.07, 6.45) is 18.0. The Morgan fingerprint density at radius 2 is 1.52 bits per heavy atom. The lowest BCUT2D eigenvalue weighted by Gasteiger charge is -2.18. The molecule has 0 aromatic heterocycles. The van der Waals surface area contributed by atoms with E-state index in [2.05, 4.69) is 43.0 Å². The molecule has 23 heavy (non-hydrogen) atoms. The lowest BCUT2D eigenvalue weighted by atomic mass is 10.2. The fourth-order valence-corrected chi connectivity index (χ4v) is 2.13. The third-order valence-electron chi connectivity index (χ3n) is 3.42. The van der Waals surface area contributed by atoms with Crippen LogP contribution in [0.2, 0.25) is 0 Å². The zero-order valence-corrected chi connectivity index (χ0v) is 15.1. The van der Waals surface area contributed by atoms with E-state index in [-0.39, 0.29) is 6.29 Å². The van der Waals surface area contributed by atoms with Gasteiger partial charge in [0, 0.05) is 13.0 Å². The Kier molecular flexibility index (Phi) is 18.0.